The molecule has 0 aliphatic heterocycles. The summed E-state index contributed by atoms with van der Waals surface area (Å²) in [6, 6.07) is 3.61. The molecule has 3 amide bonds. The number of nitrogens with two attached hydrogens (primary N) is 3. The van der Waals surface area contributed by atoms with Crippen molar-refractivity contribution in [2.24, 2.45) is 22.2 Å². The summed E-state index contributed by atoms with van der Waals surface area (Å²) < 4.78 is 0. The van der Waals surface area contributed by atoms with Crippen LogP contribution in [0.25, 0.3) is 0 Å². The Morgan fingerprint density at radius 3 is 2.11 bits per heavy atom. The summed E-state index contributed by atoms with van der Waals surface area (Å²) in [5.41, 5.74) is 17.3. The maximum Gasteiger partial charge on any atom is 0.328 e. The highest BCUT2D eigenvalue weighted by Crippen LogP contribution is 2.05. The van der Waals surface area contributed by atoms with E-state index in [0.29, 0.717) is 0 Å². The predicted molar refractivity (Wildman–Crippen MR) is 130 cm³/mol. The van der Waals surface area contributed by atoms with E-state index in [4.69, 9.17) is 22.3 Å². The highest BCUT2D eigenvalue weighted by atomic mass is 16.4. The van der Waals surface area contributed by atoms with Gasteiger partial charge in [0.25, 0.3) is 0 Å². The topological polar surface area (TPSA) is 255 Å². The molecule has 0 bridgehead atoms. The molecule has 0 aliphatic rings. The van der Waals surface area contributed by atoms with Crippen LogP contribution in [0.5, 0.6) is 0 Å². The minimum Gasteiger partial charge on any atom is -0.480 e. The van der Waals surface area contributed by atoms with E-state index in [2.05, 4.69) is 20.9 Å². The third-order valence-electron chi connectivity index (χ3n) is 5.07. The third kappa shape index (κ3) is 10.7. The van der Waals surface area contributed by atoms with Crippen LogP contribution in [0.3, 0.4) is 0 Å². The maximum atomic E-state index is 12.9. The molecule has 12 N–H and O–H groups in total. The number of nitrogens with one attached hydrogen (secondary N) is 3. The first kappa shape index (κ1) is 30.3. The van der Waals surface area contributed by atoms with Gasteiger partial charge < -0.3 is 48.5 Å². The summed E-state index contributed by atoms with van der Waals surface area (Å²) in [4.78, 5) is 53.1. The molecule has 5 atom stereocenters. The number of hydrogen-bond donors (Lipinski definition) is 9. The van der Waals surface area contributed by atoms with Gasteiger partial charge in [-0.25, -0.2) is 4.79 Å². The van der Waals surface area contributed by atoms with E-state index in [0.717, 1.165) is 5.56 Å². The lowest BCUT2D eigenvalue weighted by Crippen LogP contribution is -2.60. The van der Waals surface area contributed by atoms with E-state index in [-0.39, 0.29) is 31.8 Å². The van der Waals surface area contributed by atoms with Gasteiger partial charge >= 0.3 is 5.97 Å². The van der Waals surface area contributed by atoms with Crippen LogP contribution in [-0.4, -0.2) is 88.4 Å². The summed E-state index contributed by atoms with van der Waals surface area (Å²) in [6.45, 7) is 0.518. The van der Waals surface area contributed by atoms with Crippen LogP contribution in [0.2, 0.25) is 0 Å². The summed E-state index contributed by atoms with van der Waals surface area (Å²) in [6.07, 6.45) is -0.956. The van der Waals surface area contributed by atoms with Crippen molar-refractivity contribution in [3.63, 3.8) is 0 Å². The van der Waals surface area contributed by atoms with Gasteiger partial charge in [-0.2, -0.15) is 0 Å². The Morgan fingerprint density at radius 2 is 1.58 bits per heavy atom. The Bertz CT molecular complexity index is 907. The van der Waals surface area contributed by atoms with Crippen LogP contribution in [0.4, 0.5) is 0 Å². The molecule has 0 aromatic heterocycles. The largest absolute Gasteiger partial charge is 0.480 e. The molecule has 36 heavy (non-hydrogen) atoms. The Labute approximate surface area is 208 Å². The van der Waals surface area contributed by atoms with E-state index >= 15 is 0 Å². The predicted octanol–water partition coefficient (Wildman–Crippen LogP) is -3.48. The molecule has 14 nitrogen and oxygen atoms in total. The molecular formula is C22H35N7O7. The van der Waals surface area contributed by atoms with Crippen molar-refractivity contribution in [2.45, 2.75) is 56.5 Å². The molecule has 0 heterocycles. The fourth-order valence-electron chi connectivity index (χ4n) is 3.12. The van der Waals surface area contributed by atoms with Crippen molar-refractivity contribution >= 4 is 29.7 Å². The van der Waals surface area contributed by atoms with Crippen molar-refractivity contribution in [1.29, 1.82) is 0 Å². The van der Waals surface area contributed by atoms with Crippen molar-refractivity contribution in [2.75, 3.05) is 13.2 Å². The van der Waals surface area contributed by atoms with E-state index in [1.54, 1.807) is 24.3 Å². The van der Waals surface area contributed by atoms with Gasteiger partial charge in [-0.3, -0.25) is 19.4 Å². The average Bonchev–Trinajstić information content (AvgIpc) is 2.82. The van der Waals surface area contributed by atoms with E-state index in [1.165, 1.54) is 6.92 Å². The number of nitrogens with zero attached hydrogens (tertiary/aromatic N) is 1. The fourth-order valence-corrected chi connectivity index (χ4v) is 3.12. The number of carboxylic acids is 1. The Balaban J connectivity index is 2.92. The number of carboxylic acid groups (broad SMARTS) is 1. The number of aliphatic carboxylic acids is 1. The number of hydrogen-bond acceptors (Lipinski definition) is 8. The van der Waals surface area contributed by atoms with Gasteiger partial charge in [0, 0.05) is 6.54 Å². The number of carbonyl (C=O) groups is 4. The Kier molecular flexibility index (Phi) is 12.9. The number of aliphatic hydroxyl groups is 2. The van der Waals surface area contributed by atoms with E-state index < -0.39 is 60.6 Å². The fraction of sp³-hybridized carbons (Fsp3) is 0.500. The molecule has 0 spiro atoms. The SMILES string of the molecule is CC(O)C(NC(=O)C(N)Cc1ccccc1)C(=O)NC(CCCN=C(N)N)C(=O)NC(CO)C(=O)O. The second-order valence-electron chi connectivity index (χ2n) is 8.12. The zero-order valence-electron chi connectivity index (χ0n) is 20.0. The van der Waals surface area contributed by atoms with Gasteiger partial charge in [0.2, 0.25) is 17.7 Å². The number of aliphatic hydroxyl groups excluding tert-OH is 2. The number of rotatable bonds is 15. The summed E-state index contributed by atoms with van der Waals surface area (Å²) in [5, 5.41) is 35.3. The van der Waals surface area contributed by atoms with Crippen LogP contribution >= 0.6 is 0 Å². The van der Waals surface area contributed by atoms with Crippen LogP contribution in [0.15, 0.2) is 35.3 Å². The lowest BCUT2D eigenvalue weighted by Gasteiger charge is -2.26. The lowest BCUT2D eigenvalue weighted by molar-refractivity contribution is -0.143. The number of aliphatic imine (C=N–C) groups is 1. The Morgan fingerprint density at radius 1 is 0.972 bits per heavy atom. The second kappa shape index (κ2) is 15.3. The zero-order valence-corrected chi connectivity index (χ0v) is 20.0. The van der Waals surface area contributed by atoms with Crippen molar-refractivity contribution in [3.05, 3.63) is 35.9 Å². The van der Waals surface area contributed by atoms with Crippen LogP contribution in [0, 0.1) is 0 Å². The van der Waals surface area contributed by atoms with Crippen molar-refractivity contribution in [1.82, 2.24) is 16.0 Å². The first-order chi connectivity index (χ1) is 17.0. The summed E-state index contributed by atoms with van der Waals surface area (Å²) >= 11 is 0. The quantitative estimate of drug-likeness (QED) is 0.0640. The molecule has 0 fully saturated rings. The standard InChI is InChI=1S/C22H35N7O7/c1-12(31)17(29-18(32)14(23)10-13-6-3-2-4-7-13)20(34)27-15(8-5-9-26-22(24)25)19(33)28-16(11-30)21(35)36/h2-4,6-7,12,14-17,30-31H,5,8-11,23H2,1H3,(H,27,34)(H,28,33)(H,29,32)(H,35,36)(H4,24,25,26). The highest BCUT2D eigenvalue weighted by molar-refractivity contribution is 5.94. The van der Waals surface area contributed by atoms with Gasteiger partial charge in [0.15, 0.2) is 5.96 Å². The minimum absolute atomic E-state index is 0.0138. The molecule has 1 aromatic rings. The number of guanidine groups is 1. The van der Waals surface area contributed by atoms with Gasteiger partial charge in [0.05, 0.1) is 18.8 Å². The monoisotopic (exact) mass is 509 g/mol. The average molecular weight is 510 g/mol. The number of amides is 3. The van der Waals surface area contributed by atoms with E-state index in [9.17, 15) is 29.4 Å². The molecule has 200 valence electrons. The molecule has 1 rings (SSSR count). The van der Waals surface area contributed by atoms with Gasteiger partial charge in [-0.15, -0.1) is 0 Å². The normalized spacial score (nSPS) is 14.9. The molecule has 14 heteroatoms. The smallest absolute Gasteiger partial charge is 0.328 e. The van der Waals surface area contributed by atoms with Gasteiger partial charge in [-0.05, 0) is 31.7 Å². The number of carbonyl (C=O) groups excluding carboxylic acids is 3. The molecule has 5 unspecified atom stereocenters. The van der Waals surface area contributed by atoms with Crippen LogP contribution in [-0.2, 0) is 25.6 Å². The maximum absolute atomic E-state index is 12.9. The Hall–Kier alpha value is -3.75. The summed E-state index contributed by atoms with van der Waals surface area (Å²) in [7, 11) is 0. The van der Waals surface area contributed by atoms with Gasteiger partial charge in [0.1, 0.15) is 18.1 Å². The molecule has 0 saturated carbocycles. The van der Waals surface area contributed by atoms with Crippen molar-refractivity contribution in [3.8, 4) is 0 Å². The first-order valence-electron chi connectivity index (χ1n) is 11.2. The second-order valence-corrected chi connectivity index (χ2v) is 8.12. The molecule has 0 aliphatic carbocycles. The number of benzene rings is 1. The minimum atomic E-state index is -1.60. The highest BCUT2D eigenvalue weighted by Gasteiger charge is 2.32. The van der Waals surface area contributed by atoms with Crippen molar-refractivity contribution < 1.29 is 34.5 Å². The zero-order chi connectivity index (χ0) is 27.3. The molecule has 0 saturated heterocycles. The van der Waals surface area contributed by atoms with Crippen LogP contribution < -0.4 is 33.2 Å². The summed E-state index contributed by atoms with van der Waals surface area (Å²) in [5.74, 6) is -4.14. The molecule has 0 radical (unpaired) electrons. The third-order valence-corrected chi connectivity index (χ3v) is 5.07. The van der Waals surface area contributed by atoms with E-state index in [1.807, 2.05) is 6.07 Å². The lowest BCUT2D eigenvalue weighted by atomic mass is 10.0. The van der Waals surface area contributed by atoms with Gasteiger partial charge in [-0.1, -0.05) is 30.3 Å². The van der Waals surface area contributed by atoms with Crippen LogP contribution in [0.1, 0.15) is 25.3 Å². The molecule has 1 aromatic carbocycles. The molecular weight excluding hydrogens is 474 g/mol. The first-order valence-corrected chi connectivity index (χ1v) is 11.2.